The molecule has 0 bridgehead atoms. The van der Waals surface area contributed by atoms with E-state index < -0.39 is 0 Å². The number of ketones is 1. The lowest BCUT2D eigenvalue weighted by Crippen LogP contribution is -2.12. The summed E-state index contributed by atoms with van der Waals surface area (Å²) >= 11 is 0. The van der Waals surface area contributed by atoms with Gasteiger partial charge in [0.15, 0.2) is 0 Å². The number of carbonyl (C=O) groups is 1. The van der Waals surface area contributed by atoms with Crippen molar-refractivity contribution in [2.45, 2.75) is 47.5 Å². The molecule has 0 aromatic carbocycles. The van der Waals surface area contributed by atoms with Crippen molar-refractivity contribution >= 4 is 5.78 Å². The van der Waals surface area contributed by atoms with Gasteiger partial charge in [-0.05, 0) is 26.2 Å². The Kier molecular flexibility index (Phi) is 5.68. The average molecular weight is 182 g/mol. The van der Waals surface area contributed by atoms with E-state index in [4.69, 9.17) is 0 Å². The SMILES string of the molecule is CC(C)=CC[C@@H](C)C(=O)CC(C)C. The number of rotatable bonds is 5. The lowest BCUT2D eigenvalue weighted by Gasteiger charge is -2.09. The highest BCUT2D eigenvalue weighted by Gasteiger charge is 2.12. The Bertz CT molecular complexity index is 185. The van der Waals surface area contributed by atoms with Crippen LogP contribution in [0, 0.1) is 11.8 Å². The standard InChI is InChI=1S/C12H22O/c1-9(2)6-7-11(5)12(13)8-10(3)4/h6,10-11H,7-8H2,1-5H3/t11-/m1/s1. The molecule has 0 saturated heterocycles. The minimum Gasteiger partial charge on any atom is -0.299 e. The molecule has 0 aromatic rings. The molecule has 0 aliphatic carbocycles. The number of hydrogen-bond donors (Lipinski definition) is 0. The van der Waals surface area contributed by atoms with E-state index in [9.17, 15) is 4.79 Å². The molecule has 0 aliphatic rings. The molecule has 0 aromatic heterocycles. The Hall–Kier alpha value is -0.590. The van der Waals surface area contributed by atoms with Crippen molar-refractivity contribution < 1.29 is 4.79 Å². The van der Waals surface area contributed by atoms with Crippen molar-refractivity contribution in [2.75, 3.05) is 0 Å². The molecule has 0 rings (SSSR count). The van der Waals surface area contributed by atoms with Crippen molar-refractivity contribution in [2.24, 2.45) is 11.8 Å². The number of allylic oxidation sites excluding steroid dienone is 2. The Morgan fingerprint density at radius 1 is 1.23 bits per heavy atom. The normalized spacial score (nSPS) is 12.8. The molecular weight excluding hydrogens is 160 g/mol. The van der Waals surface area contributed by atoms with Gasteiger partial charge in [-0.1, -0.05) is 32.4 Å². The van der Waals surface area contributed by atoms with Crippen LogP contribution in [-0.2, 0) is 4.79 Å². The molecule has 0 N–H and O–H groups in total. The van der Waals surface area contributed by atoms with Gasteiger partial charge < -0.3 is 0 Å². The van der Waals surface area contributed by atoms with Gasteiger partial charge in [-0.3, -0.25) is 4.79 Å². The first kappa shape index (κ1) is 12.4. The summed E-state index contributed by atoms with van der Waals surface area (Å²) in [7, 11) is 0. The Labute approximate surface area is 82.2 Å². The van der Waals surface area contributed by atoms with Crippen LogP contribution in [0.15, 0.2) is 11.6 Å². The van der Waals surface area contributed by atoms with E-state index >= 15 is 0 Å². The summed E-state index contributed by atoms with van der Waals surface area (Å²) < 4.78 is 0. The predicted molar refractivity (Wildman–Crippen MR) is 57.7 cm³/mol. The zero-order valence-electron chi connectivity index (χ0n) is 9.55. The molecule has 1 heteroatoms. The van der Waals surface area contributed by atoms with Gasteiger partial charge in [0.25, 0.3) is 0 Å². The van der Waals surface area contributed by atoms with Crippen LogP contribution in [0.5, 0.6) is 0 Å². The van der Waals surface area contributed by atoms with E-state index in [0.29, 0.717) is 11.7 Å². The fourth-order valence-corrected chi connectivity index (χ4v) is 1.15. The Morgan fingerprint density at radius 3 is 2.15 bits per heavy atom. The number of hydrogen-bond acceptors (Lipinski definition) is 1. The lowest BCUT2D eigenvalue weighted by molar-refractivity contribution is -0.122. The molecule has 1 atom stereocenters. The van der Waals surface area contributed by atoms with Crippen LogP contribution in [0.1, 0.15) is 47.5 Å². The average Bonchev–Trinajstić information content (AvgIpc) is 1.98. The van der Waals surface area contributed by atoms with Gasteiger partial charge in [-0.15, -0.1) is 0 Å². The van der Waals surface area contributed by atoms with Crippen LogP contribution in [-0.4, -0.2) is 5.78 Å². The zero-order chi connectivity index (χ0) is 10.4. The highest BCUT2D eigenvalue weighted by atomic mass is 16.1. The second-order valence-corrected chi connectivity index (χ2v) is 4.48. The van der Waals surface area contributed by atoms with Crippen LogP contribution in [0.4, 0.5) is 0 Å². The maximum atomic E-state index is 11.5. The highest BCUT2D eigenvalue weighted by Crippen LogP contribution is 2.12. The van der Waals surface area contributed by atoms with E-state index in [1.807, 2.05) is 6.92 Å². The van der Waals surface area contributed by atoms with Gasteiger partial charge in [0.1, 0.15) is 5.78 Å². The summed E-state index contributed by atoms with van der Waals surface area (Å²) in [5, 5.41) is 0. The van der Waals surface area contributed by atoms with Crippen molar-refractivity contribution in [3.8, 4) is 0 Å². The van der Waals surface area contributed by atoms with Crippen molar-refractivity contribution in [3.05, 3.63) is 11.6 Å². The predicted octanol–water partition coefficient (Wildman–Crippen LogP) is 3.59. The van der Waals surface area contributed by atoms with Gasteiger partial charge in [0.2, 0.25) is 0 Å². The third kappa shape index (κ3) is 6.56. The molecule has 0 radical (unpaired) electrons. The van der Waals surface area contributed by atoms with E-state index in [1.54, 1.807) is 0 Å². The van der Waals surface area contributed by atoms with Crippen molar-refractivity contribution in [1.29, 1.82) is 0 Å². The first-order valence-electron chi connectivity index (χ1n) is 5.09. The molecule has 0 spiro atoms. The largest absolute Gasteiger partial charge is 0.299 e. The second kappa shape index (κ2) is 5.95. The van der Waals surface area contributed by atoms with E-state index in [2.05, 4.69) is 33.8 Å². The van der Waals surface area contributed by atoms with Crippen LogP contribution in [0.25, 0.3) is 0 Å². The van der Waals surface area contributed by atoms with E-state index in [0.717, 1.165) is 12.8 Å². The summed E-state index contributed by atoms with van der Waals surface area (Å²) in [5.74, 6) is 1.08. The van der Waals surface area contributed by atoms with Gasteiger partial charge >= 0.3 is 0 Å². The molecule has 0 amide bonds. The summed E-state index contributed by atoms with van der Waals surface area (Å²) in [5.41, 5.74) is 1.30. The molecule has 0 saturated carbocycles. The Balaban J connectivity index is 3.90. The topological polar surface area (TPSA) is 17.1 Å². The quantitative estimate of drug-likeness (QED) is 0.594. The third-order valence-electron chi connectivity index (χ3n) is 2.04. The van der Waals surface area contributed by atoms with E-state index in [1.165, 1.54) is 5.57 Å². The zero-order valence-corrected chi connectivity index (χ0v) is 9.55. The monoisotopic (exact) mass is 182 g/mol. The van der Waals surface area contributed by atoms with Crippen molar-refractivity contribution in [1.82, 2.24) is 0 Å². The van der Waals surface area contributed by atoms with Gasteiger partial charge in [-0.25, -0.2) is 0 Å². The summed E-state index contributed by atoms with van der Waals surface area (Å²) in [6.07, 6.45) is 3.76. The summed E-state index contributed by atoms with van der Waals surface area (Å²) in [6, 6.07) is 0. The number of Topliss-reactive ketones (excluding diaryl/α,β-unsaturated/α-hetero) is 1. The smallest absolute Gasteiger partial charge is 0.136 e. The molecule has 0 fully saturated rings. The lowest BCUT2D eigenvalue weighted by atomic mass is 9.94. The highest BCUT2D eigenvalue weighted by molar-refractivity contribution is 5.80. The van der Waals surface area contributed by atoms with Gasteiger partial charge in [0.05, 0.1) is 0 Å². The third-order valence-corrected chi connectivity index (χ3v) is 2.04. The maximum Gasteiger partial charge on any atom is 0.136 e. The molecule has 1 nitrogen and oxygen atoms in total. The first-order chi connectivity index (χ1) is 5.93. The fourth-order valence-electron chi connectivity index (χ4n) is 1.15. The van der Waals surface area contributed by atoms with Crippen LogP contribution >= 0.6 is 0 Å². The molecule has 0 aliphatic heterocycles. The van der Waals surface area contributed by atoms with Gasteiger partial charge in [0, 0.05) is 12.3 Å². The minimum atomic E-state index is 0.192. The molecule has 76 valence electrons. The molecule has 13 heavy (non-hydrogen) atoms. The summed E-state index contributed by atoms with van der Waals surface area (Å²) in [4.78, 5) is 11.5. The fraction of sp³-hybridized carbons (Fsp3) is 0.750. The maximum absolute atomic E-state index is 11.5. The summed E-state index contributed by atoms with van der Waals surface area (Å²) in [6.45, 7) is 10.3. The molecule has 0 heterocycles. The van der Waals surface area contributed by atoms with Crippen LogP contribution in [0.3, 0.4) is 0 Å². The van der Waals surface area contributed by atoms with Crippen LogP contribution < -0.4 is 0 Å². The van der Waals surface area contributed by atoms with E-state index in [-0.39, 0.29) is 5.92 Å². The molecular formula is C12H22O. The van der Waals surface area contributed by atoms with Gasteiger partial charge in [-0.2, -0.15) is 0 Å². The second-order valence-electron chi connectivity index (χ2n) is 4.48. The number of carbonyl (C=O) groups excluding carboxylic acids is 1. The minimum absolute atomic E-state index is 0.192. The Morgan fingerprint density at radius 2 is 1.77 bits per heavy atom. The van der Waals surface area contributed by atoms with Crippen molar-refractivity contribution in [3.63, 3.8) is 0 Å². The molecule has 0 unspecified atom stereocenters. The van der Waals surface area contributed by atoms with Crippen LogP contribution in [0.2, 0.25) is 0 Å². The first-order valence-corrected chi connectivity index (χ1v) is 5.09.